The zero-order valence-electron chi connectivity index (χ0n) is 13.3. The Morgan fingerprint density at radius 1 is 1.12 bits per heavy atom. The van der Waals surface area contributed by atoms with Gasteiger partial charge in [-0.15, -0.1) is 0 Å². The Morgan fingerprint density at radius 2 is 1.81 bits per heavy atom. The topological polar surface area (TPSA) is 171 Å². The van der Waals surface area contributed by atoms with E-state index in [1.165, 1.54) is 18.2 Å². The molecule has 3 N–H and O–H groups in total. The molecular formula is C14H13N5O6S. The molecule has 26 heavy (non-hydrogen) atoms. The lowest BCUT2D eigenvalue weighted by atomic mass is 10.1. The van der Waals surface area contributed by atoms with Gasteiger partial charge >= 0.3 is 0 Å². The van der Waals surface area contributed by atoms with Gasteiger partial charge in [-0.25, -0.2) is 13.6 Å². The van der Waals surface area contributed by atoms with E-state index in [2.05, 4.69) is 10.5 Å². The molecule has 2 aromatic rings. The summed E-state index contributed by atoms with van der Waals surface area (Å²) in [5.74, 6) is 0. The molecule has 2 aromatic carbocycles. The van der Waals surface area contributed by atoms with Gasteiger partial charge in [0.15, 0.2) is 0 Å². The second kappa shape index (κ2) is 7.25. The highest BCUT2D eigenvalue weighted by molar-refractivity contribution is 7.89. The maximum absolute atomic E-state index is 11.3. The highest BCUT2D eigenvalue weighted by Crippen LogP contribution is 2.27. The fraction of sp³-hybridized carbons (Fsp3) is 0.0714. The number of benzene rings is 2. The summed E-state index contributed by atoms with van der Waals surface area (Å²) >= 11 is 0. The molecule has 0 heterocycles. The third-order valence-electron chi connectivity index (χ3n) is 3.31. The molecule has 0 unspecified atom stereocenters. The molecule has 2 rings (SSSR count). The molecule has 0 radical (unpaired) electrons. The Morgan fingerprint density at radius 3 is 2.38 bits per heavy atom. The lowest BCUT2D eigenvalue weighted by Crippen LogP contribution is -2.12. The summed E-state index contributed by atoms with van der Waals surface area (Å²) in [4.78, 5) is 20.2. The normalized spacial score (nSPS) is 11.8. The van der Waals surface area contributed by atoms with E-state index >= 15 is 0 Å². The van der Waals surface area contributed by atoms with Crippen LogP contribution in [0.4, 0.5) is 17.1 Å². The number of nitrogens with two attached hydrogens (primary N) is 1. The van der Waals surface area contributed by atoms with Gasteiger partial charge in [0.2, 0.25) is 10.0 Å². The van der Waals surface area contributed by atoms with Gasteiger partial charge in [0.1, 0.15) is 5.69 Å². The lowest BCUT2D eigenvalue weighted by Gasteiger charge is -2.06. The van der Waals surface area contributed by atoms with Gasteiger partial charge in [-0.05, 0) is 19.1 Å². The zero-order valence-corrected chi connectivity index (χ0v) is 14.1. The second-order valence-corrected chi connectivity index (χ2v) is 6.66. The first-order chi connectivity index (χ1) is 12.1. The molecule has 0 aromatic heterocycles. The summed E-state index contributed by atoms with van der Waals surface area (Å²) in [6.45, 7) is 1.55. The first kappa shape index (κ1) is 19.0. The summed E-state index contributed by atoms with van der Waals surface area (Å²) in [6, 6.07) is 8.77. The minimum absolute atomic E-state index is 0.0628. The molecule has 0 aliphatic carbocycles. The monoisotopic (exact) mass is 379 g/mol. The van der Waals surface area contributed by atoms with Crippen LogP contribution >= 0.6 is 0 Å². The number of nitrogens with one attached hydrogen (secondary N) is 1. The van der Waals surface area contributed by atoms with Crippen molar-refractivity contribution >= 4 is 32.8 Å². The molecule has 0 amide bonds. The van der Waals surface area contributed by atoms with E-state index in [1.807, 2.05) is 0 Å². The van der Waals surface area contributed by atoms with E-state index in [0.717, 1.165) is 18.2 Å². The van der Waals surface area contributed by atoms with Gasteiger partial charge in [0.25, 0.3) is 11.4 Å². The molecular weight excluding hydrogens is 366 g/mol. The molecule has 0 saturated carbocycles. The van der Waals surface area contributed by atoms with Crippen molar-refractivity contribution in [2.75, 3.05) is 5.43 Å². The molecule has 0 fully saturated rings. The molecule has 0 bridgehead atoms. The number of nitro benzene ring substituents is 2. The van der Waals surface area contributed by atoms with E-state index < -0.39 is 30.5 Å². The Bertz CT molecular complexity index is 1020. The van der Waals surface area contributed by atoms with Crippen molar-refractivity contribution in [3.63, 3.8) is 0 Å². The number of hydrogen-bond acceptors (Lipinski definition) is 8. The SMILES string of the molecule is CC(=NNc1ccc(S(N)(=O)=O)cc1[N+](=O)[O-])c1cccc([N+](=O)[O-])c1. The van der Waals surface area contributed by atoms with Crippen molar-refractivity contribution in [1.82, 2.24) is 0 Å². The number of nitro groups is 2. The van der Waals surface area contributed by atoms with Gasteiger partial charge in [0, 0.05) is 23.8 Å². The molecule has 0 atom stereocenters. The average molecular weight is 379 g/mol. The molecule has 11 nitrogen and oxygen atoms in total. The van der Waals surface area contributed by atoms with Crippen LogP contribution < -0.4 is 10.6 Å². The van der Waals surface area contributed by atoms with Crippen molar-refractivity contribution in [2.24, 2.45) is 10.2 Å². The summed E-state index contributed by atoms with van der Waals surface area (Å²) < 4.78 is 22.6. The number of rotatable bonds is 6. The summed E-state index contributed by atoms with van der Waals surface area (Å²) in [5.41, 5.74) is 2.51. The van der Waals surface area contributed by atoms with Crippen LogP contribution in [-0.4, -0.2) is 24.0 Å². The first-order valence-electron chi connectivity index (χ1n) is 6.96. The van der Waals surface area contributed by atoms with Crippen LogP contribution in [0.2, 0.25) is 0 Å². The van der Waals surface area contributed by atoms with E-state index in [9.17, 15) is 28.6 Å². The summed E-state index contributed by atoms with van der Waals surface area (Å²) in [7, 11) is -4.09. The highest BCUT2D eigenvalue weighted by atomic mass is 32.2. The number of hydrazone groups is 1. The Balaban J connectivity index is 2.36. The summed E-state index contributed by atoms with van der Waals surface area (Å²) in [5, 5.41) is 30.9. The Kier molecular flexibility index (Phi) is 5.28. The smallest absolute Gasteiger partial charge is 0.271 e. The fourth-order valence-electron chi connectivity index (χ4n) is 1.99. The van der Waals surface area contributed by atoms with E-state index in [-0.39, 0.29) is 11.4 Å². The van der Waals surface area contributed by atoms with Crippen LogP contribution in [0.3, 0.4) is 0 Å². The van der Waals surface area contributed by atoms with Gasteiger partial charge in [-0.1, -0.05) is 12.1 Å². The maximum atomic E-state index is 11.3. The molecule has 0 saturated heterocycles. The third kappa shape index (κ3) is 4.37. The van der Waals surface area contributed by atoms with Gasteiger partial charge in [-0.3, -0.25) is 25.7 Å². The number of sulfonamides is 1. The average Bonchev–Trinajstić information content (AvgIpc) is 2.58. The van der Waals surface area contributed by atoms with Crippen molar-refractivity contribution in [1.29, 1.82) is 0 Å². The molecule has 0 spiro atoms. The molecule has 12 heteroatoms. The van der Waals surface area contributed by atoms with Crippen LogP contribution in [-0.2, 0) is 10.0 Å². The number of anilines is 1. The van der Waals surface area contributed by atoms with Crippen molar-refractivity contribution < 1.29 is 18.3 Å². The van der Waals surface area contributed by atoms with Crippen molar-refractivity contribution in [3.8, 4) is 0 Å². The van der Waals surface area contributed by atoms with E-state index in [4.69, 9.17) is 5.14 Å². The van der Waals surface area contributed by atoms with Crippen molar-refractivity contribution in [3.05, 3.63) is 68.3 Å². The van der Waals surface area contributed by atoms with E-state index in [1.54, 1.807) is 13.0 Å². The fourth-order valence-corrected chi connectivity index (χ4v) is 2.52. The van der Waals surface area contributed by atoms with Crippen molar-refractivity contribution in [2.45, 2.75) is 11.8 Å². The first-order valence-corrected chi connectivity index (χ1v) is 8.50. The quantitative estimate of drug-likeness (QED) is 0.439. The predicted molar refractivity (Wildman–Crippen MR) is 93.4 cm³/mol. The number of nitrogens with zero attached hydrogens (tertiary/aromatic N) is 3. The zero-order chi connectivity index (χ0) is 19.5. The van der Waals surface area contributed by atoms with Gasteiger partial charge < -0.3 is 0 Å². The largest absolute Gasteiger partial charge is 0.295 e. The molecule has 0 aliphatic rings. The number of non-ortho nitro benzene ring substituents is 1. The van der Waals surface area contributed by atoms with Crippen LogP contribution in [0.5, 0.6) is 0 Å². The van der Waals surface area contributed by atoms with Crippen LogP contribution in [0.25, 0.3) is 0 Å². The summed E-state index contributed by atoms with van der Waals surface area (Å²) in [6.07, 6.45) is 0. The number of hydrogen-bond donors (Lipinski definition) is 2. The maximum Gasteiger partial charge on any atom is 0.295 e. The minimum Gasteiger partial charge on any atom is -0.271 e. The van der Waals surface area contributed by atoms with Crippen LogP contribution in [0, 0.1) is 20.2 Å². The van der Waals surface area contributed by atoms with Gasteiger partial charge in [-0.2, -0.15) is 5.10 Å². The van der Waals surface area contributed by atoms with Crippen LogP contribution in [0.15, 0.2) is 52.5 Å². The Labute approximate surface area is 147 Å². The number of primary sulfonamides is 1. The predicted octanol–water partition coefficient (Wildman–Crippen LogP) is 1.99. The minimum atomic E-state index is -4.09. The van der Waals surface area contributed by atoms with Crippen LogP contribution in [0.1, 0.15) is 12.5 Å². The standard InChI is InChI=1S/C14H13N5O6S/c1-9(10-3-2-4-11(7-10)18(20)21)16-17-13-6-5-12(26(15,24)25)8-14(13)19(22)23/h2-8,17H,1H3,(H2,15,24,25). The highest BCUT2D eigenvalue weighted by Gasteiger charge is 2.19. The van der Waals surface area contributed by atoms with Gasteiger partial charge in [0.05, 0.1) is 20.5 Å². The third-order valence-corrected chi connectivity index (χ3v) is 4.22. The molecule has 136 valence electrons. The lowest BCUT2D eigenvalue weighted by molar-refractivity contribution is -0.384. The second-order valence-electron chi connectivity index (χ2n) is 5.10. The molecule has 0 aliphatic heterocycles. The van der Waals surface area contributed by atoms with E-state index in [0.29, 0.717) is 11.3 Å². The Hall–Kier alpha value is -3.38.